The molecule has 7 heteroatoms. The lowest BCUT2D eigenvalue weighted by Gasteiger charge is -2.16. The van der Waals surface area contributed by atoms with Crippen molar-refractivity contribution in [2.75, 3.05) is 0 Å². The number of hydrogen-bond acceptors (Lipinski definition) is 5. The van der Waals surface area contributed by atoms with Crippen molar-refractivity contribution in [1.82, 2.24) is 9.97 Å². The Morgan fingerprint density at radius 2 is 1.82 bits per heavy atom. The zero-order valence-electron chi connectivity index (χ0n) is 16.1. The number of rotatable bonds is 8. The lowest BCUT2D eigenvalue weighted by Crippen LogP contribution is -2.19. The quantitative estimate of drug-likeness (QED) is 0.641. The first-order valence-corrected chi connectivity index (χ1v) is 9.08. The third-order valence-electron chi connectivity index (χ3n) is 4.16. The molecular weight excluding hydrogens is 363 g/mol. The molecule has 0 fully saturated rings. The standard InChI is InChI=1S/C21H25FN2O4/c1-12(2)20-18(9-8-16(25)10-17(26)11-19(27)28)21(24-13(3)23-20)14-4-6-15(22)7-5-14/h4-9,12,16-17,25-26H,10-11H2,1-3H3,(H,27,28)/b9-8+. The van der Waals surface area contributed by atoms with Crippen LogP contribution in [0.4, 0.5) is 4.39 Å². The molecular formula is C21H25FN2O4. The summed E-state index contributed by atoms with van der Waals surface area (Å²) in [5.41, 5.74) is 2.81. The van der Waals surface area contributed by atoms with Crippen LogP contribution >= 0.6 is 0 Å². The summed E-state index contributed by atoms with van der Waals surface area (Å²) < 4.78 is 13.3. The van der Waals surface area contributed by atoms with Crippen LogP contribution in [-0.2, 0) is 4.79 Å². The highest BCUT2D eigenvalue weighted by Crippen LogP contribution is 2.29. The lowest BCUT2D eigenvalue weighted by molar-refractivity contribution is -0.139. The summed E-state index contributed by atoms with van der Waals surface area (Å²) in [6.45, 7) is 5.75. The molecule has 2 atom stereocenters. The number of aromatic nitrogens is 2. The second-order valence-corrected chi connectivity index (χ2v) is 6.99. The molecule has 0 aliphatic rings. The number of carboxylic acids is 1. The molecule has 0 aliphatic carbocycles. The molecule has 0 amide bonds. The zero-order valence-corrected chi connectivity index (χ0v) is 16.1. The van der Waals surface area contributed by atoms with E-state index in [1.54, 1.807) is 25.1 Å². The maximum Gasteiger partial charge on any atom is 0.305 e. The molecule has 1 aromatic carbocycles. The average Bonchev–Trinajstić information content (AvgIpc) is 2.59. The van der Waals surface area contributed by atoms with Crippen LogP contribution in [0.3, 0.4) is 0 Å². The predicted molar refractivity (Wildman–Crippen MR) is 104 cm³/mol. The normalized spacial score (nSPS) is 13.8. The fourth-order valence-corrected chi connectivity index (χ4v) is 2.88. The molecule has 150 valence electrons. The number of benzene rings is 1. The second-order valence-electron chi connectivity index (χ2n) is 6.99. The van der Waals surface area contributed by atoms with Gasteiger partial charge in [0.05, 0.1) is 30.0 Å². The number of hydrogen-bond donors (Lipinski definition) is 3. The Bertz CT molecular complexity index is 850. The molecule has 1 aromatic heterocycles. The molecule has 3 N–H and O–H groups in total. The molecule has 1 heterocycles. The summed E-state index contributed by atoms with van der Waals surface area (Å²) in [6.07, 6.45) is 0.447. The number of nitrogens with zero attached hydrogens (tertiary/aromatic N) is 2. The van der Waals surface area contributed by atoms with Gasteiger partial charge >= 0.3 is 5.97 Å². The van der Waals surface area contributed by atoms with Crippen LogP contribution in [0.25, 0.3) is 17.3 Å². The molecule has 0 saturated heterocycles. The predicted octanol–water partition coefficient (Wildman–Crippen LogP) is 3.31. The van der Waals surface area contributed by atoms with Crippen molar-refractivity contribution in [1.29, 1.82) is 0 Å². The Balaban J connectivity index is 2.40. The Morgan fingerprint density at radius 1 is 1.18 bits per heavy atom. The molecule has 2 rings (SSSR count). The smallest absolute Gasteiger partial charge is 0.305 e. The summed E-state index contributed by atoms with van der Waals surface area (Å²) in [6, 6.07) is 5.97. The highest BCUT2D eigenvalue weighted by atomic mass is 19.1. The maximum absolute atomic E-state index is 13.3. The number of aryl methyl sites for hydroxylation is 1. The van der Waals surface area contributed by atoms with E-state index >= 15 is 0 Å². The number of aliphatic carboxylic acids is 1. The fraction of sp³-hybridized carbons (Fsp3) is 0.381. The Kier molecular flexibility index (Phi) is 7.37. The molecule has 0 radical (unpaired) electrons. The van der Waals surface area contributed by atoms with Gasteiger partial charge in [-0.1, -0.05) is 26.0 Å². The van der Waals surface area contributed by atoms with E-state index in [4.69, 9.17) is 5.11 Å². The monoisotopic (exact) mass is 388 g/mol. The van der Waals surface area contributed by atoms with E-state index < -0.39 is 24.6 Å². The fourth-order valence-electron chi connectivity index (χ4n) is 2.88. The number of carboxylic acid groups (broad SMARTS) is 1. The van der Waals surface area contributed by atoms with Gasteiger partial charge in [0.2, 0.25) is 0 Å². The minimum absolute atomic E-state index is 0.0790. The van der Waals surface area contributed by atoms with Gasteiger partial charge in [-0.05, 0) is 37.1 Å². The van der Waals surface area contributed by atoms with Crippen LogP contribution in [0.5, 0.6) is 0 Å². The SMILES string of the molecule is Cc1nc(-c2ccc(F)cc2)c(/C=C/C(O)CC(O)CC(=O)O)c(C(C)C)n1. The van der Waals surface area contributed by atoms with Crippen LogP contribution in [0.2, 0.25) is 0 Å². The molecule has 6 nitrogen and oxygen atoms in total. The number of aliphatic hydroxyl groups excluding tert-OH is 2. The van der Waals surface area contributed by atoms with E-state index in [2.05, 4.69) is 9.97 Å². The molecule has 0 aliphatic heterocycles. The van der Waals surface area contributed by atoms with Gasteiger partial charge in [-0.15, -0.1) is 0 Å². The minimum atomic E-state index is -1.15. The van der Waals surface area contributed by atoms with Crippen molar-refractivity contribution in [3.63, 3.8) is 0 Å². The van der Waals surface area contributed by atoms with Crippen LogP contribution in [-0.4, -0.2) is 43.5 Å². The van der Waals surface area contributed by atoms with E-state index in [9.17, 15) is 19.4 Å². The van der Waals surface area contributed by atoms with Gasteiger partial charge in [0, 0.05) is 17.5 Å². The molecule has 2 aromatic rings. The van der Waals surface area contributed by atoms with Crippen molar-refractivity contribution >= 4 is 12.0 Å². The van der Waals surface area contributed by atoms with E-state index in [0.717, 1.165) is 5.69 Å². The van der Waals surface area contributed by atoms with Gasteiger partial charge in [-0.25, -0.2) is 14.4 Å². The highest BCUT2D eigenvalue weighted by molar-refractivity contribution is 5.73. The summed E-state index contributed by atoms with van der Waals surface area (Å²) in [5.74, 6) is -0.817. The third-order valence-corrected chi connectivity index (χ3v) is 4.16. The van der Waals surface area contributed by atoms with Gasteiger partial charge in [-0.2, -0.15) is 0 Å². The van der Waals surface area contributed by atoms with E-state index in [-0.39, 0.29) is 18.2 Å². The topological polar surface area (TPSA) is 104 Å². The number of carbonyl (C=O) groups is 1. The Morgan fingerprint density at radius 3 is 2.39 bits per heavy atom. The van der Waals surface area contributed by atoms with Crippen LogP contribution in [0.1, 0.15) is 49.7 Å². The Hall–Kier alpha value is -2.64. The summed E-state index contributed by atoms with van der Waals surface area (Å²) >= 11 is 0. The van der Waals surface area contributed by atoms with Crippen molar-refractivity contribution in [2.24, 2.45) is 0 Å². The minimum Gasteiger partial charge on any atom is -0.481 e. The molecule has 28 heavy (non-hydrogen) atoms. The second kappa shape index (κ2) is 9.52. The summed E-state index contributed by atoms with van der Waals surface area (Å²) in [7, 11) is 0. The van der Waals surface area contributed by atoms with Gasteiger partial charge in [0.15, 0.2) is 0 Å². The van der Waals surface area contributed by atoms with E-state index in [1.807, 2.05) is 13.8 Å². The first-order chi connectivity index (χ1) is 13.2. The first-order valence-electron chi connectivity index (χ1n) is 9.08. The van der Waals surface area contributed by atoms with Gasteiger partial charge in [-0.3, -0.25) is 4.79 Å². The van der Waals surface area contributed by atoms with Crippen molar-refractivity contribution in [3.05, 3.63) is 53.2 Å². The highest BCUT2D eigenvalue weighted by Gasteiger charge is 2.17. The summed E-state index contributed by atoms with van der Waals surface area (Å²) in [5, 5.41) is 28.5. The maximum atomic E-state index is 13.3. The number of aliphatic hydroxyl groups is 2. The van der Waals surface area contributed by atoms with E-state index in [0.29, 0.717) is 22.6 Å². The molecule has 0 bridgehead atoms. The molecule has 0 saturated carbocycles. The molecule has 2 unspecified atom stereocenters. The lowest BCUT2D eigenvalue weighted by atomic mass is 9.97. The summed E-state index contributed by atoms with van der Waals surface area (Å²) in [4.78, 5) is 19.7. The largest absolute Gasteiger partial charge is 0.481 e. The third kappa shape index (κ3) is 5.94. The van der Waals surface area contributed by atoms with Crippen LogP contribution in [0.15, 0.2) is 30.3 Å². The van der Waals surface area contributed by atoms with Gasteiger partial charge in [0.1, 0.15) is 11.6 Å². The van der Waals surface area contributed by atoms with E-state index in [1.165, 1.54) is 18.2 Å². The zero-order chi connectivity index (χ0) is 20.8. The Labute approximate surface area is 163 Å². The number of halogens is 1. The van der Waals surface area contributed by atoms with Gasteiger partial charge < -0.3 is 15.3 Å². The van der Waals surface area contributed by atoms with Crippen molar-refractivity contribution in [2.45, 2.75) is 51.7 Å². The van der Waals surface area contributed by atoms with Crippen molar-refractivity contribution < 1.29 is 24.5 Å². The van der Waals surface area contributed by atoms with Gasteiger partial charge in [0.25, 0.3) is 0 Å². The van der Waals surface area contributed by atoms with Crippen molar-refractivity contribution in [3.8, 4) is 11.3 Å². The van der Waals surface area contributed by atoms with Crippen LogP contribution in [0, 0.1) is 12.7 Å². The molecule has 0 spiro atoms. The first kappa shape index (κ1) is 21.7. The average molecular weight is 388 g/mol. The van der Waals surface area contributed by atoms with Crippen LogP contribution < -0.4 is 0 Å².